The number of nitrogens with one attached hydrogen (secondary N) is 1. The van der Waals surface area contributed by atoms with E-state index in [1.54, 1.807) is 0 Å². The Kier molecular flexibility index (Phi) is 4.27. The first-order valence-electron chi connectivity index (χ1n) is 7.50. The van der Waals surface area contributed by atoms with Crippen LogP contribution in [0, 0.1) is 0 Å². The van der Waals surface area contributed by atoms with Crippen LogP contribution < -0.4 is 5.32 Å². The Morgan fingerprint density at radius 3 is 2.48 bits per heavy atom. The van der Waals surface area contributed by atoms with Crippen molar-refractivity contribution < 1.29 is 0 Å². The fourth-order valence-corrected chi connectivity index (χ4v) is 2.62. The molecule has 0 aliphatic carbocycles. The Morgan fingerprint density at radius 2 is 1.67 bits per heavy atom. The predicted octanol–water partition coefficient (Wildman–Crippen LogP) is 4.48. The van der Waals surface area contributed by atoms with Gasteiger partial charge in [0.1, 0.15) is 0 Å². The lowest BCUT2D eigenvalue weighted by Gasteiger charge is -2.17. The van der Waals surface area contributed by atoms with Crippen LogP contribution in [-0.4, -0.2) is 4.98 Å². The van der Waals surface area contributed by atoms with E-state index >= 15 is 0 Å². The molecule has 2 nitrogen and oxygen atoms in total. The van der Waals surface area contributed by atoms with Gasteiger partial charge in [-0.15, -0.1) is 0 Å². The summed E-state index contributed by atoms with van der Waals surface area (Å²) in [5.74, 6) is 0. The minimum Gasteiger partial charge on any atom is -0.304 e. The van der Waals surface area contributed by atoms with Crippen molar-refractivity contribution in [2.24, 2.45) is 0 Å². The first-order valence-corrected chi connectivity index (χ1v) is 7.50. The highest BCUT2D eigenvalue weighted by molar-refractivity contribution is 5.78. The van der Waals surface area contributed by atoms with Crippen molar-refractivity contribution in [1.29, 1.82) is 0 Å². The first kappa shape index (κ1) is 13.8. The summed E-state index contributed by atoms with van der Waals surface area (Å²) in [4.78, 5) is 4.71. The zero-order chi connectivity index (χ0) is 14.5. The molecule has 0 bridgehead atoms. The average molecular weight is 276 g/mol. The molecule has 3 rings (SSSR count). The van der Waals surface area contributed by atoms with E-state index in [1.807, 2.05) is 12.1 Å². The molecule has 1 unspecified atom stereocenters. The van der Waals surface area contributed by atoms with Crippen LogP contribution >= 0.6 is 0 Å². The molecule has 21 heavy (non-hydrogen) atoms. The van der Waals surface area contributed by atoms with Gasteiger partial charge in [0, 0.05) is 18.0 Å². The summed E-state index contributed by atoms with van der Waals surface area (Å²) in [6.45, 7) is 3.00. The predicted molar refractivity (Wildman–Crippen MR) is 88.1 cm³/mol. The number of para-hydroxylation sites is 1. The fraction of sp³-hybridized carbons (Fsp3) is 0.211. The second-order valence-electron chi connectivity index (χ2n) is 5.25. The highest BCUT2D eigenvalue weighted by atomic mass is 14.9. The van der Waals surface area contributed by atoms with Gasteiger partial charge < -0.3 is 5.32 Å². The van der Waals surface area contributed by atoms with Crippen LogP contribution in [0.15, 0.2) is 66.7 Å². The van der Waals surface area contributed by atoms with Crippen LogP contribution in [0.25, 0.3) is 10.9 Å². The number of benzene rings is 2. The molecule has 0 fully saturated rings. The average Bonchev–Trinajstić information content (AvgIpc) is 2.56. The molecule has 0 amide bonds. The minimum atomic E-state index is 0.375. The van der Waals surface area contributed by atoms with E-state index in [2.05, 4.69) is 66.8 Å². The molecule has 1 N–H and O–H groups in total. The zero-order valence-corrected chi connectivity index (χ0v) is 12.3. The van der Waals surface area contributed by atoms with Crippen LogP contribution in [-0.2, 0) is 6.54 Å². The van der Waals surface area contributed by atoms with Crippen molar-refractivity contribution >= 4 is 10.9 Å². The molecule has 0 aliphatic heterocycles. The molecule has 2 aromatic carbocycles. The number of hydrogen-bond donors (Lipinski definition) is 1. The molecule has 3 aromatic rings. The lowest BCUT2D eigenvalue weighted by Crippen LogP contribution is -2.20. The summed E-state index contributed by atoms with van der Waals surface area (Å²) < 4.78 is 0. The summed E-state index contributed by atoms with van der Waals surface area (Å²) in [5, 5.41) is 4.80. The molecule has 0 radical (unpaired) electrons. The Bertz CT molecular complexity index is 707. The van der Waals surface area contributed by atoms with Gasteiger partial charge in [0.05, 0.1) is 11.2 Å². The third-order valence-electron chi connectivity index (χ3n) is 3.80. The standard InChI is InChI=1S/C19H20N2/c1-2-18(15-8-4-3-5-9-15)20-14-17-13-12-16-10-6-7-11-19(16)21-17/h3-13,18,20H,2,14H2,1H3. The lowest BCUT2D eigenvalue weighted by molar-refractivity contribution is 0.515. The number of rotatable bonds is 5. The lowest BCUT2D eigenvalue weighted by atomic mass is 10.0. The van der Waals surface area contributed by atoms with Crippen LogP contribution in [0.5, 0.6) is 0 Å². The largest absolute Gasteiger partial charge is 0.304 e. The second-order valence-corrected chi connectivity index (χ2v) is 5.25. The number of pyridine rings is 1. The molecular weight excluding hydrogens is 256 g/mol. The molecule has 1 aromatic heterocycles. The minimum absolute atomic E-state index is 0.375. The maximum atomic E-state index is 4.71. The van der Waals surface area contributed by atoms with E-state index in [1.165, 1.54) is 10.9 Å². The van der Waals surface area contributed by atoms with Crippen molar-refractivity contribution in [3.05, 3.63) is 78.0 Å². The fourth-order valence-electron chi connectivity index (χ4n) is 2.62. The third kappa shape index (κ3) is 3.29. The molecule has 2 heteroatoms. The Morgan fingerprint density at radius 1 is 0.905 bits per heavy atom. The monoisotopic (exact) mass is 276 g/mol. The van der Waals surface area contributed by atoms with Gasteiger partial charge in [-0.05, 0) is 24.1 Å². The van der Waals surface area contributed by atoms with Crippen molar-refractivity contribution in [3.63, 3.8) is 0 Å². The summed E-state index contributed by atoms with van der Waals surface area (Å²) in [7, 11) is 0. The van der Waals surface area contributed by atoms with Gasteiger partial charge in [-0.25, -0.2) is 0 Å². The maximum absolute atomic E-state index is 4.71. The molecule has 106 valence electrons. The molecule has 0 aliphatic rings. The molecule has 0 saturated carbocycles. The normalized spacial score (nSPS) is 12.4. The Labute approximate surface area is 125 Å². The van der Waals surface area contributed by atoms with E-state index in [4.69, 9.17) is 4.98 Å². The smallest absolute Gasteiger partial charge is 0.0705 e. The molecular formula is C19H20N2. The van der Waals surface area contributed by atoms with Crippen LogP contribution in [0.3, 0.4) is 0 Å². The summed E-state index contributed by atoms with van der Waals surface area (Å²) in [5.41, 5.74) is 3.48. The van der Waals surface area contributed by atoms with Crippen molar-refractivity contribution in [3.8, 4) is 0 Å². The van der Waals surface area contributed by atoms with Crippen molar-refractivity contribution in [2.45, 2.75) is 25.9 Å². The van der Waals surface area contributed by atoms with Crippen LogP contribution in [0.4, 0.5) is 0 Å². The van der Waals surface area contributed by atoms with E-state index in [0.717, 1.165) is 24.2 Å². The van der Waals surface area contributed by atoms with E-state index in [0.29, 0.717) is 6.04 Å². The van der Waals surface area contributed by atoms with Gasteiger partial charge in [0.15, 0.2) is 0 Å². The molecule has 1 atom stereocenters. The topological polar surface area (TPSA) is 24.9 Å². The Hall–Kier alpha value is -2.19. The SMILES string of the molecule is CCC(NCc1ccc2ccccc2n1)c1ccccc1. The quantitative estimate of drug-likeness (QED) is 0.743. The van der Waals surface area contributed by atoms with Gasteiger partial charge in [0.2, 0.25) is 0 Å². The molecule has 0 spiro atoms. The van der Waals surface area contributed by atoms with E-state index in [-0.39, 0.29) is 0 Å². The third-order valence-corrected chi connectivity index (χ3v) is 3.80. The first-order chi connectivity index (χ1) is 10.4. The number of fused-ring (bicyclic) bond motifs is 1. The van der Waals surface area contributed by atoms with Crippen LogP contribution in [0.1, 0.15) is 30.6 Å². The maximum Gasteiger partial charge on any atom is 0.0705 e. The second kappa shape index (κ2) is 6.51. The molecule has 0 saturated heterocycles. The van der Waals surface area contributed by atoms with Crippen molar-refractivity contribution in [1.82, 2.24) is 10.3 Å². The summed E-state index contributed by atoms with van der Waals surface area (Å²) in [6.07, 6.45) is 1.07. The number of hydrogen-bond acceptors (Lipinski definition) is 2. The van der Waals surface area contributed by atoms with Gasteiger partial charge in [0.25, 0.3) is 0 Å². The summed E-state index contributed by atoms with van der Waals surface area (Å²) >= 11 is 0. The summed E-state index contributed by atoms with van der Waals surface area (Å²) in [6, 6.07) is 23.4. The van der Waals surface area contributed by atoms with E-state index < -0.39 is 0 Å². The number of nitrogens with zero attached hydrogens (tertiary/aromatic N) is 1. The molecule has 1 heterocycles. The van der Waals surface area contributed by atoms with Gasteiger partial charge >= 0.3 is 0 Å². The van der Waals surface area contributed by atoms with Gasteiger partial charge in [-0.2, -0.15) is 0 Å². The zero-order valence-electron chi connectivity index (χ0n) is 12.3. The van der Waals surface area contributed by atoms with Crippen LogP contribution in [0.2, 0.25) is 0 Å². The highest BCUT2D eigenvalue weighted by Gasteiger charge is 2.08. The number of aromatic nitrogens is 1. The van der Waals surface area contributed by atoms with Gasteiger partial charge in [-0.3, -0.25) is 4.98 Å². The van der Waals surface area contributed by atoms with Crippen molar-refractivity contribution in [2.75, 3.05) is 0 Å². The van der Waals surface area contributed by atoms with E-state index in [9.17, 15) is 0 Å². The highest BCUT2D eigenvalue weighted by Crippen LogP contribution is 2.17. The Balaban J connectivity index is 1.73. The van der Waals surface area contributed by atoms with Gasteiger partial charge in [-0.1, -0.05) is 61.5 Å².